The maximum absolute atomic E-state index is 14.1. The van der Waals surface area contributed by atoms with Crippen LogP contribution in [0.4, 0.5) is 8.78 Å². The topological polar surface area (TPSA) is 107 Å². The lowest BCUT2D eigenvalue weighted by atomic mass is 9.76. The van der Waals surface area contributed by atoms with Crippen molar-refractivity contribution in [2.75, 3.05) is 24.7 Å². The summed E-state index contributed by atoms with van der Waals surface area (Å²) < 4.78 is 69.0. The first-order valence-electron chi connectivity index (χ1n) is 13.6. The first kappa shape index (κ1) is 32.1. The van der Waals surface area contributed by atoms with E-state index in [0.29, 0.717) is 40.7 Å². The monoisotopic (exact) mass is 621 g/mol. The summed E-state index contributed by atoms with van der Waals surface area (Å²) in [4.78, 5) is 26.2. The Kier molecular flexibility index (Phi) is 8.91. The van der Waals surface area contributed by atoms with Gasteiger partial charge in [-0.2, -0.15) is 17.2 Å². The number of esters is 1. The van der Waals surface area contributed by atoms with Gasteiger partial charge in [-0.05, 0) is 71.3 Å². The molecule has 1 N–H and O–H groups in total. The van der Waals surface area contributed by atoms with Crippen molar-refractivity contribution in [3.05, 3.63) is 65.7 Å². The third-order valence-electron chi connectivity index (χ3n) is 8.01. The largest absolute Gasteiger partial charge is 0.466 e. The van der Waals surface area contributed by atoms with Crippen molar-refractivity contribution in [2.45, 2.75) is 56.5 Å². The Bertz CT molecular complexity index is 1630. The Morgan fingerprint density at radius 1 is 0.976 bits per heavy atom. The molecule has 3 aromatic rings. The van der Waals surface area contributed by atoms with E-state index in [9.17, 15) is 26.8 Å². The van der Waals surface area contributed by atoms with E-state index in [1.807, 2.05) is 39.0 Å². The standard InChI is InChI=1S/C31H34F2O7S2/c1-6-29(2,3)26-12-11-21(27(34)30(4,5)41-15-13-39-14-16-41)18-25(26)24-19-22(17-20-9-7-8-10-23(20)24)40-28(35)31(32,33)42(36,37)38/h7-12,17-19H,6,13-16H2,1-5H3/p+1. The zero-order chi connectivity index (χ0) is 31.1. The number of carbonyl (C=O) groups excluding carboxylic acids is 2. The van der Waals surface area contributed by atoms with Gasteiger partial charge in [0.15, 0.2) is 4.75 Å². The molecule has 1 fully saturated rings. The van der Waals surface area contributed by atoms with E-state index < -0.39 is 26.1 Å². The minimum absolute atomic E-state index is 0.0190. The van der Waals surface area contributed by atoms with E-state index in [2.05, 4.69) is 13.8 Å². The number of hydrogen-bond donors (Lipinski definition) is 1. The molecule has 0 unspecified atom stereocenters. The third kappa shape index (κ3) is 6.10. The number of carbonyl (C=O) groups is 2. The molecule has 1 saturated heterocycles. The summed E-state index contributed by atoms with van der Waals surface area (Å²) in [6.45, 7) is 11.3. The van der Waals surface area contributed by atoms with Crippen molar-refractivity contribution < 1.29 is 40.8 Å². The summed E-state index contributed by atoms with van der Waals surface area (Å²) in [6.07, 6.45) is 0.745. The third-order valence-corrected chi connectivity index (χ3v) is 11.8. The van der Waals surface area contributed by atoms with Gasteiger partial charge in [0.2, 0.25) is 5.78 Å². The van der Waals surface area contributed by atoms with Gasteiger partial charge in [0.1, 0.15) is 17.3 Å². The highest BCUT2D eigenvalue weighted by Gasteiger charge is 2.54. The van der Waals surface area contributed by atoms with Crippen LogP contribution in [0.25, 0.3) is 21.9 Å². The summed E-state index contributed by atoms with van der Waals surface area (Å²) in [6, 6.07) is 15.3. The van der Waals surface area contributed by atoms with Crippen LogP contribution in [0.2, 0.25) is 0 Å². The average molecular weight is 622 g/mol. The highest BCUT2D eigenvalue weighted by molar-refractivity contribution is 7.99. The smallest absolute Gasteiger partial charge is 0.421 e. The minimum atomic E-state index is -6.05. The van der Waals surface area contributed by atoms with Crippen molar-refractivity contribution in [2.24, 2.45) is 0 Å². The molecule has 0 radical (unpaired) electrons. The Labute approximate surface area is 247 Å². The molecule has 0 aliphatic carbocycles. The second kappa shape index (κ2) is 11.7. The SMILES string of the molecule is CCC(C)(C)c1ccc(C(=O)C(C)(C)[S+]2CCOCC2)cc1-c1cc(OC(=O)C(F)(F)S(=O)(=O)O)cc2ccccc12. The molecular formula is C31H35F2O7S2+. The number of halogens is 2. The van der Waals surface area contributed by atoms with Crippen LogP contribution in [-0.4, -0.2) is 59.4 Å². The van der Waals surface area contributed by atoms with Gasteiger partial charge in [-0.25, -0.2) is 4.79 Å². The summed E-state index contributed by atoms with van der Waals surface area (Å²) >= 11 is 0. The number of hydrogen-bond acceptors (Lipinski definition) is 6. The van der Waals surface area contributed by atoms with Gasteiger partial charge in [-0.3, -0.25) is 9.35 Å². The first-order valence-corrected chi connectivity index (χ1v) is 16.6. The number of ether oxygens (including phenoxy) is 2. The Balaban J connectivity index is 1.91. The fraction of sp³-hybridized carbons (Fsp3) is 0.419. The predicted molar refractivity (Wildman–Crippen MR) is 161 cm³/mol. The first-order chi connectivity index (χ1) is 19.5. The number of fused-ring (bicyclic) bond motifs is 1. The fourth-order valence-corrected chi connectivity index (χ4v) is 7.53. The normalized spacial score (nSPS) is 15.5. The van der Waals surface area contributed by atoms with Crippen LogP contribution < -0.4 is 4.74 Å². The van der Waals surface area contributed by atoms with E-state index in [0.717, 1.165) is 23.5 Å². The summed E-state index contributed by atoms with van der Waals surface area (Å²) in [5.74, 6) is -1.17. The second-order valence-electron chi connectivity index (χ2n) is 11.4. The molecular weight excluding hydrogens is 586 g/mol. The predicted octanol–water partition coefficient (Wildman–Crippen LogP) is 6.19. The molecule has 1 aliphatic heterocycles. The quantitative estimate of drug-likeness (QED) is 0.0998. The fourth-order valence-electron chi connectivity index (χ4n) is 5.04. The molecule has 0 aromatic heterocycles. The van der Waals surface area contributed by atoms with E-state index in [4.69, 9.17) is 14.0 Å². The van der Waals surface area contributed by atoms with Crippen molar-refractivity contribution in [1.82, 2.24) is 0 Å². The van der Waals surface area contributed by atoms with Gasteiger partial charge >= 0.3 is 21.3 Å². The molecule has 3 aromatic carbocycles. The lowest BCUT2D eigenvalue weighted by Gasteiger charge is -2.30. The van der Waals surface area contributed by atoms with Crippen molar-refractivity contribution in [3.8, 4) is 16.9 Å². The number of ketones is 1. The number of Topliss-reactive ketones (excluding diaryl/α,β-unsaturated/α-hetero) is 1. The van der Waals surface area contributed by atoms with E-state index in [-0.39, 0.29) is 27.8 Å². The Hall–Kier alpha value is -2.86. The van der Waals surface area contributed by atoms with Crippen LogP contribution in [0.1, 0.15) is 57.0 Å². The lowest BCUT2D eigenvalue weighted by Crippen LogP contribution is -2.47. The van der Waals surface area contributed by atoms with E-state index in [1.54, 1.807) is 24.3 Å². The summed E-state index contributed by atoms with van der Waals surface area (Å²) in [5.41, 5.74) is 2.21. The highest BCUT2D eigenvalue weighted by atomic mass is 32.2. The Morgan fingerprint density at radius 2 is 1.62 bits per heavy atom. The number of benzene rings is 3. The van der Waals surface area contributed by atoms with Gasteiger partial charge in [0, 0.05) is 16.5 Å². The molecule has 7 nitrogen and oxygen atoms in total. The van der Waals surface area contributed by atoms with Gasteiger partial charge in [-0.15, -0.1) is 0 Å². The van der Waals surface area contributed by atoms with Crippen LogP contribution in [0.15, 0.2) is 54.6 Å². The summed E-state index contributed by atoms with van der Waals surface area (Å²) in [5, 5.41) is -3.91. The van der Waals surface area contributed by atoms with Crippen molar-refractivity contribution in [3.63, 3.8) is 0 Å². The maximum Gasteiger partial charge on any atom is 0.466 e. The van der Waals surface area contributed by atoms with Crippen LogP contribution in [0, 0.1) is 0 Å². The highest BCUT2D eigenvalue weighted by Crippen LogP contribution is 2.42. The molecule has 0 amide bonds. The van der Waals surface area contributed by atoms with E-state index in [1.165, 1.54) is 12.1 Å². The molecule has 1 heterocycles. The second-order valence-corrected chi connectivity index (χ2v) is 15.7. The zero-order valence-corrected chi connectivity index (χ0v) is 25.8. The van der Waals surface area contributed by atoms with Gasteiger partial charge in [0.05, 0.1) is 13.2 Å². The van der Waals surface area contributed by atoms with Crippen LogP contribution in [0.5, 0.6) is 5.75 Å². The van der Waals surface area contributed by atoms with Gasteiger partial charge in [-0.1, -0.05) is 57.2 Å². The van der Waals surface area contributed by atoms with E-state index >= 15 is 0 Å². The minimum Gasteiger partial charge on any atom is -0.421 e. The lowest BCUT2D eigenvalue weighted by molar-refractivity contribution is -0.151. The van der Waals surface area contributed by atoms with Crippen molar-refractivity contribution in [1.29, 1.82) is 0 Å². The maximum atomic E-state index is 14.1. The molecule has 0 saturated carbocycles. The number of rotatable bonds is 9. The molecule has 1 aliphatic rings. The van der Waals surface area contributed by atoms with Crippen molar-refractivity contribution >= 4 is 43.5 Å². The molecule has 0 bridgehead atoms. The zero-order valence-electron chi connectivity index (χ0n) is 24.2. The molecule has 11 heteroatoms. The average Bonchev–Trinajstić information content (AvgIpc) is 2.95. The molecule has 42 heavy (non-hydrogen) atoms. The van der Waals surface area contributed by atoms with Crippen LogP contribution in [-0.2, 0) is 36.0 Å². The number of alkyl halides is 2. The molecule has 226 valence electrons. The van der Waals surface area contributed by atoms with Gasteiger partial charge in [0.25, 0.3) is 0 Å². The van der Waals surface area contributed by atoms with Crippen LogP contribution >= 0.6 is 0 Å². The Morgan fingerprint density at radius 3 is 2.24 bits per heavy atom. The molecule has 0 spiro atoms. The van der Waals surface area contributed by atoms with Gasteiger partial charge < -0.3 is 9.47 Å². The van der Waals surface area contributed by atoms with Crippen LogP contribution in [0.3, 0.4) is 0 Å². The molecule has 4 rings (SSSR count). The summed E-state index contributed by atoms with van der Waals surface area (Å²) in [7, 11) is -6.23. The molecule has 0 atom stereocenters.